The molecule has 0 N–H and O–H groups in total. The fourth-order valence-electron chi connectivity index (χ4n) is 3.71. The Morgan fingerprint density at radius 3 is 2.55 bits per heavy atom. The van der Waals surface area contributed by atoms with Crippen molar-refractivity contribution in [3.63, 3.8) is 0 Å². The van der Waals surface area contributed by atoms with Gasteiger partial charge in [0.25, 0.3) is 5.91 Å². The minimum atomic E-state index is -0.655. The Bertz CT molecular complexity index is 1150. The number of amides is 2. The van der Waals surface area contributed by atoms with Gasteiger partial charge < -0.3 is 4.74 Å². The van der Waals surface area contributed by atoms with Crippen molar-refractivity contribution >= 4 is 17.8 Å². The van der Waals surface area contributed by atoms with Gasteiger partial charge in [-0.1, -0.05) is 42.0 Å². The van der Waals surface area contributed by atoms with Crippen molar-refractivity contribution in [2.24, 2.45) is 0 Å². The molecule has 1 saturated heterocycles. The van der Waals surface area contributed by atoms with E-state index < -0.39 is 18.5 Å². The molecule has 2 amide bonds. The fraction of sp³-hybridized carbons (Fsp3) is 0.250. The highest BCUT2D eigenvalue weighted by atomic mass is 16.5. The average molecular weight is 417 g/mol. The van der Waals surface area contributed by atoms with E-state index in [2.05, 4.69) is 5.10 Å². The summed E-state index contributed by atoms with van der Waals surface area (Å²) in [6, 6.07) is 15.4. The van der Waals surface area contributed by atoms with Crippen molar-refractivity contribution in [2.75, 3.05) is 13.2 Å². The summed E-state index contributed by atoms with van der Waals surface area (Å²) in [5, 5.41) is 4.65. The number of esters is 1. The molecule has 31 heavy (non-hydrogen) atoms. The van der Waals surface area contributed by atoms with E-state index in [1.54, 1.807) is 10.9 Å². The largest absolute Gasteiger partial charge is 0.452 e. The molecule has 0 unspecified atom stereocenters. The van der Waals surface area contributed by atoms with Crippen molar-refractivity contribution < 1.29 is 19.1 Å². The molecule has 1 aromatic heterocycles. The van der Waals surface area contributed by atoms with Gasteiger partial charge in [0, 0.05) is 24.7 Å². The maximum atomic E-state index is 12.9. The highest BCUT2D eigenvalue weighted by molar-refractivity contribution is 6.00. The van der Waals surface area contributed by atoms with Gasteiger partial charge in [-0.05, 0) is 38.0 Å². The number of carbonyl (C=O) groups excluding carboxylic acids is 3. The molecule has 1 aliphatic heterocycles. The molecule has 0 saturated carbocycles. The smallest absolute Gasteiger partial charge is 0.342 e. The van der Waals surface area contributed by atoms with Gasteiger partial charge in [0.1, 0.15) is 11.3 Å². The second-order valence-corrected chi connectivity index (χ2v) is 7.61. The van der Waals surface area contributed by atoms with Crippen LogP contribution in [0.1, 0.15) is 34.3 Å². The number of likely N-dealkylation sites (tertiary alicyclic amines) is 1. The Morgan fingerprint density at radius 2 is 1.87 bits per heavy atom. The maximum Gasteiger partial charge on any atom is 0.342 e. The number of imide groups is 1. The van der Waals surface area contributed by atoms with Crippen LogP contribution in [-0.2, 0) is 14.3 Å². The van der Waals surface area contributed by atoms with Crippen LogP contribution in [0.3, 0.4) is 0 Å². The zero-order chi connectivity index (χ0) is 22.0. The lowest BCUT2D eigenvalue weighted by atomic mass is 10.0. The summed E-state index contributed by atoms with van der Waals surface area (Å²) >= 11 is 0. The van der Waals surface area contributed by atoms with Gasteiger partial charge in [-0.15, -0.1) is 0 Å². The van der Waals surface area contributed by atoms with Crippen LogP contribution in [-0.4, -0.2) is 45.6 Å². The number of aromatic nitrogens is 2. The first-order valence-corrected chi connectivity index (χ1v) is 10.2. The third-order valence-corrected chi connectivity index (χ3v) is 5.29. The molecule has 1 aliphatic rings. The van der Waals surface area contributed by atoms with Crippen molar-refractivity contribution in [2.45, 2.75) is 26.7 Å². The topological polar surface area (TPSA) is 81.5 Å². The molecule has 3 aromatic rings. The maximum absolute atomic E-state index is 12.9. The predicted octanol–water partition coefficient (Wildman–Crippen LogP) is 3.46. The summed E-state index contributed by atoms with van der Waals surface area (Å²) in [6.07, 6.45) is 2.59. The summed E-state index contributed by atoms with van der Waals surface area (Å²) in [5.41, 5.74) is 4.44. The van der Waals surface area contributed by atoms with Crippen LogP contribution in [0.2, 0.25) is 0 Å². The third-order valence-electron chi connectivity index (χ3n) is 5.29. The van der Waals surface area contributed by atoms with E-state index in [9.17, 15) is 14.4 Å². The van der Waals surface area contributed by atoms with E-state index in [-0.39, 0.29) is 11.5 Å². The van der Waals surface area contributed by atoms with Gasteiger partial charge in [-0.3, -0.25) is 14.5 Å². The molecule has 0 bridgehead atoms. The minimum Gasteiger partial charge on any atom is -0.452 e. The number of hydrogen-bond acceptors (Lipinski definition) is 5. The van der Waals surface area contributed by atoms with Crippen LogP contribution in [0.4, 0.5) is 0 Å². The van der Waals surface area contributed by atoms with Gasteiger partial charge in [0.05, 0.1) is 5.69 Å². The molecule has 0 aliphatic carbocycles. The van der Waals surface area contributed by atoms with Gasteiger partial charge >= 0.3 is 5.97 Å². The lowest BCUT2D eigenvalue weighted by molar-refractivity contribution is -0.143. The molecule has 7 heteroatoms. The normalized spacial score (nSPS) is 13.5. The van der Waals surface area contributed by atoms with E-state index in [1.165, 1.54) is 0 Å². The van der Waals surface area contributed by atoms with E-state index in [4.69, 9.17) is 4.74 Å². The van der Waals surface area contributed by atoms with Crippen LogP contribution >= 0.6 is 0 Å². The Hall–Kier alpha value is -3.74. The van der Waals surface area contributed by atoms with Crippen molar-refractivity contribution in [3.8, 4) is 16.9 Å². The SMILES string of the molecule is Cc1ccc(-c2nn(-c3ccccc3)cc2C(=O)OCC(=O)N2CCCC2=O)c(C)c1. The summed E-state index contributed by atoms with van der Waals surface area (Å²) in [6.45, 7) is 3.85. The Kier molecular flexibility index (Phi) is 5.66. The molecule has 1 fully saturated rings. The van der Waals surface area contributed by atoms with Crippen LogP contribution in [0, 0.1) is 13.8 Å². The molecule has 0 spiro atoms. The number of benzene rings is 2. The first-order chi connectivity index (χ1) is 14.9. The van der Waals surface area contributed by atoms with Crippen molar-refractivity contribution in [1.29, 1.82) is 0 Å². The fourth-order valence-corrected chi connectivity index (χ4v) is 3.71. The van der Waals surface area contributed by atoms with Crippen LogP contribution in [0.25, 0.3) is 16.9 Å². The first kappa shape index (κ1) is 20.5. The van der Waals surface area contributed by atoms with Crippen LogP contribution < -0.4 is 0 Å². The van der Waals surface area contributed by atoms with Crippen molar-refractivity contribution in [1.82, 2.24) is 14.7 Å². The molecule has 2 heterocycles. The lowest BCUT2D eigenvalue weighted by Crippen LogP contribution is -2.35. The first-order valence-electron chi connectivity index (χ1n) is 10.2. The highest BCUT2D eigenvalue weighted by Crippen LogP contribution is 2.28. The summed E-state index contributed by atoms with van der Waals surface area (Å²) in [7, 11) is 0. The highest BCUT2D eigenvalue weighted by Gasteiger charge is 2.28. The molecule has 158 valence electrons. The second kappa shape index (κ2) is 8.55. The number of ether oxygens (including phenoxy) is 1. The molecule has 0 atom stereocenters. The van der Waals surface area contributed by atoms with Gasteiger partial charge in [0.15, 0.2) is 6.61 Å². The van der Waals surface area contributed by atoms with Crippen LogP contribution in [0.5, 0.6) is 0 Å². The van der Waals surface area contributed by atoms with Crippen LogP contribution in [0.15, 0.2) is 54.7 Å². The monoisotopic (exact) mass is 417 g/mol. The van der Waals surface area contributed by atoms with E-state index in [0.717, 1.165) is 27.3 Å². The third kappa shape index (κ3) is 4.26. The number of aryl methyl sites for hydroxylation is 2. The molecule has 4 rings (SSSR count). The average Bonchev–Trinajstić information content (AvgIpc) is 3.39. The van der Waals surface area contributed by atoms with E-state index in [1.807, 2.05) is 62.4 Å². The number of hydrogen-bond donors (Lipinski definition) is 0. The standard InChI is InChI=1S/C24H23N3O4/c1-16-10-11-19(17(2)13-16)23-20(14-27(25-23)18-7-4-3-5-8-18)24(30)31-15-22(29)26-12-6-9-21(26)28/h3-5,7-8,10-11,13-14H,6,9,12,15H2,1-2H3. The minimum absolute atomic E-state index is 0.228. The summed E-state index contributed by atoms with van der Waals surface area (Å²) in [4.78, 5) is 38.1. The van der Waals surface area contributed by atoms with E-state index in [0.29, 0.717) is 25.1 Å². The molecular formula is C24H23N3O4. The zero-order valence-corrected chi connectivity index (χ0v) is 17.5. The Balaban J connectivity index is 1.65. The number of nitrogens with zero attached hydrogens (tertiary/aromatic N) is 3. The lowest BCUT2D eigenvalue weighted by Gasteiger charge is -2.13. The van der Waals surface area contributed by atoms with Gasteiger partial charge in [0.2, 0.25) is 5.91 Å². The van der Waals surface area contributed by atoms with Gasteiger partial charge in [-0.25, -0.2) is 9.48 Å². The van der Waals surface area contributed by atoms with E-state index >= 15 is 0 Å². The quantitative estimate of drug-likeness (QED) is 0.594. The number of para-hydroxylation sites is 1. The second-order valence-electron chi connectivity index (χ2n) is 7.61. The summed E-state index contributed by atoms with van der Waals surface area (Å²) < 4.78 is 6.91. The Morgan fingerprint density at radius 1 is 1.10 bits per heavy atom. The van der Waals surface area contributed by atoms with Gasteiger partial charge in [-0.2, -0.15) is 5.10 Å². The summed E-state index contributed by atoms with van der Waals surface area (Å²) in [5.74, 6) is -1.38. The molecule has 0 radical (unpaired) electrons. The molecule has 7 nitrogen and oxygen atoms in total. The van der Waals surface area contributed by atoms with Crippen molar-refractivity contribution in [3.05, 3.63) is 71.4 Å². The number of rotatable bonds is 5. The molecular weight excluding hydrogens is 394 g/mol. The molecule has 2 aromatic carbocycles. The Labute approximate surface area is 180 Å². The predicted molar refractivity (Wildman–Crippen MR) is 115 cm³/mol. The number of carbonyl (C=O) groups is 3. The zero-order valence-electron chi connectivity index (χ0n) is 17.5.